The predicted molar refractivity (Wildman–Crippen MR) is 71.3 cm³/mol. The second kappa shape index (κ2) is 5.68. The lowest BCUT2D eigenvalue weighted by atomic mass is 10.0. The largest absolute Gasteiger partial charge is 0.377 e. The van der Waals surface area contributed by atoms with Gasteiger partial charge in [0.05, 0.1) is 6.10 Å². The third-order valence-corrected chi connectivity index (χ3v) is 4.10. The molecule has 0 saturated carbocycles. The summed E-state index contributed by atoms with van der Waals surface area (Å²) < 4.78 is 5.88. The Morgan fingerprint density at radius 1 is 1.29 bits per heavy atom. The maximum Gasteiger partial charge on any atom is 0.0702 e. The zero-order valence-corrected chi connectivity index (χ0v) is 11.7. The number of nitrogens with zero attached hydrogens (tertiary/aromatic N) is 1. The summed E-state index contributed by atoms with van der Waals surface area (Å²) in [5.74, 6) is 0. The van der Waals surface area contributed by atoms with Gasteiger partial charge in [-0.05, 0) is 53.0 Å². The smallest absolute Gasteiger partial charge is 0.0702 e. The SMILES string of the molecule is CC1CCNC(C)(C)CN1CC1CCCCO1. The first-order valence-corrected chi connectivity index (χ1v) is 7.17. The summed E-state index contributed by atoms with van der Waals surface area (Å²) >= 11 is 0. The first-order valence-electron chi connectivity index (χ1n) is 7.17. The minimum Gasteiger partial charge on any atom is -0.377 e. The third-order valence-electron chi connectivity index (χ3n) is 4.10. The van der Waals surface area contributed by atoms with Gasteiger partial charge in [0.1, 0.15) is 0 Å². The standard InChI is InChI=1S/C14H28N2O/c1-12-7-8-15-14(2,3)11-16(12)10-13-6-4-5-9-17-13/h12-13,15H,4-11H2,1-3H3. The van der Waals surface area contributed by atoms with Gasteiger partial charge >= 0.3 is 0 Å². The van der Waals surface area contributed by atoms with Crippen LogP contribution >= 0.6 is 0 Å². The molecule has 2 heterocycles. The monoisotopic (exact) mass is 240 g/mol. The molecule has 100 valence electrons. The van der Waals surface area contributed by atoms with Gasteiger partial charge in [0.2, 0.25) is 0 Å². The highest BCUT2D eigenvalue weighted by molar-refractivity contribution is 4.88. The quantitative estimate of drug-likeness (QED) is 0.799. The topological polar surface area (TPSA) is 24.5 Å². The number of rotatable bonds is 2. The molecule has 0 aromatic heterocycles. The minimum atomic E-state index is 0.236. The van der Waals surface area contributed by atoms with E-state index in [1.165, 1.54) is 25.7 Å². The van der Waals surface area contributed by atoms with Crippen LogP contribution in [0.2, 0.25) is 0 Å². The summed E-state index contributed by atoms with van der Waals surface area (Å²) in [6.45, 7) is 11.3. The van der Waals surface area contributed by atoms with Gasteiger partial charge in [0, 0.05) is 31.3 Å². The zero-order chi connectivity index (χ0) is 12.3. The molecule has 2 saturated heterocycles. The predicted octanol–water partition coefficient (Wildman–Crippen LogP) is 2.02. The van der Waals surface area contributed by atoms with E-state index in [9.17, 15) is 0 Å². The van der Waals surface area contributed by atoms with Crippen molar-refractivity contribution in [2.45, 2.75) is 64.1 Å². The second-order valence-corrected chi connectivity index (χ2v) is 6.37. The van der Waals surface area contributed by atoms with Gasteiger partial charge in [0.15, 0.2) is 0 Å². The van der Waals surface area contributed by atoms with Crippen LogP contribution in [-0.2, 0) is 4.74 Å². The van der Waals surface area contributed by atoms with Gasteiger partial charge < -0.3 is 10.1 Å². The molecule has 2 fully saturated rings. The molecule has 2 rings (SSSR count). The van der Waals surface area contributed by atoms with Gasteiger partial charge in [-0.1, -0.05) is 0 Å². The van der Waals surface area contributed by atoms with Crippen molar-refractivity contribution in [2.75, 3.05) is 26.2 Å². The van der Waals surface area contributed by atoms with Crippen molar-refractivity contribution < 1.29 is 4.74 Å². The first-order chi connectivity index (χ1) is 8.07. The number of ether oxygens (including phenoxy) is 1. The second-order valence-electron chi connectivity index (χ2n) is 6.37. The average molecular weight is 240 g/mol. The highest BCUT2D eigenvalue weighted by Crippen LogP contribution is 2.20. The van der Waals surface area contributed by atoms with Crippen molar-refractivity contribution >= 4 is 0 Å². The molecule has 3 heteroatoms. The number of nitrogens with one attached hydrogen (secondary N) is 1. The van der Waals surface area contributed by atoms with E-state index in [1.807, 2.05) is 0 Å². The normalized spacial score (nSPS) is 35.5. The van der Waals surface area contributed by atoms with Gasteiger partial charge in [-0.3, -0.25) is 4.90 Å². The Kier molecular flexibility index (Phi) is 4.45. The first kappa shape index (κ1) is 13.3. The van der Waals surface area contributed by atoms with Crippen molar-refractivity contribution in [3.63, 3.8) is 0 Å². The number of hydrogen-bond donors (Lipinski definition) is 1. The van der Waals surface area contributed by atoms with E-state index in [1.54, 1.807) is 0 Å². The Morgan fingerprint density at radius 2 is 2.12 bits per heavy atom. The Bertz CT molecular complexity index is 236. The van der Waals surface area contributed by atoms with Crippen LogP contribution in [-0.4, -0.2) is 48.8 Å². The zero-order valence-electron chi connectivity index (χ0n) is 11.7. The van der Waals surface area contributed by atoms with E-state index >= 15 is 0 Å². The molecule has 2 aliphatic rings. The summed E-state index contributed by atoms with van der Waals surface area (Å²) in [5.41, 5.74) is 0.236. The fraction of sp³-hybridized carbons (Fsp3) is 1.00. The molecular weight excluding hydrogens is 212 g/mol. The van der Waals surface area contributed by atoms with Crippen LogP contribution in [0.25, 0.3) is 0 Å². The maximum atomic E-state index is 5.88. The van der Waals surface area contributed by atoms with E-state index in [0.717, 1.165) is 26.2 Å². The van der Waals surface area contributed by atoms with Crippen LogP contribution in [0.5, 0.6) is 0 Å². The van der Waals surface area contributed by atoms with Gasteiger partial charge in [-0.2, -0.15) is 0 Å². The molecule has 0 amide bonds. The van der Waals surface area contributed by atoms with Crippen LogP contribution in [0.3, 0.4) is 0 Å². The fourth-order valence-corrected chi connectivity index (χ4v) is 2.98. The molecule has 0 aromatic rings. The molecule has 2 aliphatic heterocycles. The Morgan fingerprint density at radius 3 is 2.82 bits per heavy atom. The Balaban J connectivity index is 1.91. The summed E-state index contributed by atoms with van der Waals surface area (Å²) in [6, 6.07) is 0.676. The molecule has 2 atom stereocenters. The fourth-order valence-electron chi connectivity index (χ4n) is 2.98. The van der Waals surface area contributed by atoms with Crippen LogP contribution in [0.15, 0.2) is 0 Å². The summed E-state index contributed by atoms with van der Waals surface area (Å²) in [4.78, 5) is 2.62. The molecule has 3 nitrogen and oxygen atoms in total. The molecule has 0 aliphatic carbocycles. The Hall–Kier alpha value is -0.120. The van der Waals surface area contributed by atoms with E-state index in [2.05, 4.69) is 31.0 Å². The highest BCUT2D eigenvalue weighted by atomic mass is 16.5. The van der Waals surface area contributed by atoms with Crippen molar-refractivity contribution in [1.82, 2.24) is 10.2 Å². The molecule has 0 radical (unpaired) electrons. The van der Waals surface area contributed by atoms with E-state index in [-0.39, 0.29) is 5.54 Å². The van der Waals surface area contributed by atoms with E-state index < -0.39 is 0 Å². The van der Waals surface area contributed by atoms with Crippen molar-refractivity contribution in [3.8, 4) is 0 Å². The lowest BCUT2D eigenvalue weighted by Crippen LogP contribution is -2.49. The number of hydrogen-bond acceptors (Lipinski definition) is 3. The lowest BCUT2D eigenvalue weighted by Gasteiger charge is -2.36. The lowest BCUT2D eigenvalue weighted by molar-refractivity contribution is -0.0145. The highest BCUT2D eigenvalue weighted by Gasteiger charge is 2.29. The molecule has 2 unspecified atom stereocenters. The van der Waals surface area contributed by atoms with Gasteiger partial charge in [0.25, 0.3) is 0 Å². The van der Waals surface area contributed by atoms with Crippen molar-refractivity contribution in [1.29, 1.82) is 0 Å². The van der Waals surface area contributed by atoms with Crippen molar-refractivity contribution in [2.24, 2.45) is 0 Å². The van der Waals surface area contributed by atoms with Crippen LogP contribution < -0.4 is 5.32 Å². The maximum absolute atomic E-state index is 5.88. The minimum absolute atomic E-state index is 0.236. The van der Waals surface area contributed by atoms with Crippen LogP contribution in [0.1, 0.15) is 46.5 Å². The molecule has 0 aromatic carbocycles. The van der Waals surface area contributed by atoms with Crippen LogP contribution in [0.4, 0.5) is 0 Å². The van der Waals surface area contributed by atoms with E-state index in [0.29, 0.717) is 12.1 Å². The molecular formula is C14H28N2O. The molecule has 0 spiro atoms. The van der Waals surface area contributed by atoms with Gasteiger partial charge in [-0.15, -0.1) is 0 Å². The Labute approximate surface area is 106 Å². The molecule has 0 bridgehead atoms. The summed E-state index contributed by atoms with van der Waals surface area (Å²) in [7, 11) is 0. The summed E-state index contributed by atoms with van der Waals surface area (Å²) in [6.07, 6.45) is 5.56. The molecule has 17 heavy (non-hydrogen) atoms. The third kappa shape index (κ3) is 3.94. The van der Waals surface area contributed by atoms with E-state index in [4.69, 9.17) is 4.74 Å². The van der Waals surface area contributed by atoms with Crippen LogP contribution in [0, 0.1) is 0 Å². The molecule has 1 N–H and O–H groups in total. The summed E-state index contributed by atoms with van der Waals surface area (Å²) in [5, 5.41) is 3.64. The average Bonchev–Trinajstić information content (AvgIpc) is 2.40. The van der Waals surface area contributed by atoms with Gasteiger partial charge in [-0.25, -0.2) is 0 Å². The van der Waals surface area contributed by atoms with Crippen molar-refractivity contribution in [3.05, 3.63) is 0 Å².